The second-order valence-electron chi connectivity index (χ2n) is 5.58. The minimum Gasteiger partial charge on any atom is -0.488 e. The lowest BCUT2D eigenvalue weighted by atomic mass is 10.2. The Labute approximate surface area is 151 Å². The Morgan fingerprint density at radius 3 is 1.54 bits per heavy atom. The van der Waals surface area contributed by atoms with E-state index in [0.717, 1.165) is 32.7 Å². The first-order valence-electron chi connectivity index (χ1n) is 7.86. The molecule has 0 aromatic heterocycles. The highest BCUT2D eigenvalue weighted by molar-refractivity contribution is 9.10. The maximum absolute atomic E-state index is 5.99. The van der Waals surface area contributed by atoms with Crippen LogP contribution in [0.4, 0.5) is 0 Å². The lowest BCUT2D eigenvalue weighted by molar-refractivity contribution is 0.286. The summed E-state index contributed by atoms with van der Waals surface area (Å²) in [5.41, 5.74) is 3.29. The van der Waals surface area contributed by atoms with Crippen LogP contribution in [0.1, 0.15) is 16.7 Å². The van der Waals surface area contributed by atoms with Gasteiger partial charge in [-0.05, 0) is 30.2 Å². The first kappa shape index (κ1) is 16.6. The van der Waals surface area contributed by atoms with Crippen molar-refractivity contribution < 1.29 is 9.47 Å². The zero-order valence-corrected chi connectivity index (χ0v) is 15.1. The van der Waals surface area contributed by atoms with Gasteiger partial charge < -0.3 is 9.47 Å². The van der Waals surface area contributed by atoms with Crippen LogP contribution in [-0.2, 0) is 13.2 Å². The van der Waals surface area contributed by atoms with Gasteiger partial charge in [-0.1, -0.05) is 76.6 Å². The van der Waals surface area contributed by atoms with Crippen molar-refractivity contribution in [2.75, 3.05) is 0 Å². The Kier molecular flexibility index (Phi) is 5.55. The standard InChI is InChI=1S/C21H19BrO2/c1-16-20(23-14-17-8-4-2-5-9-17)12-19(22)13-21(16)24-15-18-10-6-3-7-11-18/h2-13H,14-15H2,1H3. The van der Waals surface area contributed by atoms with Gasteiger partial charge in [0.05, 0.1) is 0 Å². The van der Waals surface area contributed by atoms with Gasteiger partial charge in [0.2, 0.25) is 0 Å². The van der Waals surface area contributed by atoms with Gasteiger partial charge in [0, 0.05) is 10.0 Å². The van der Waals surface area contributed by atoms with Gasteiger partial charge in [-0.3, -0.25) is 0 Å². The molecule has 0 aliphatic carbocycles. The molecule has 0 amide bonds. The molecule has 3 rings (SSSR count). The van der Waals surface area contributed by atoms with Crippen molar-refractivity contribution in [2.45, 2.75) is 20.1 Å². The van der Waals surface area contributed by atoms with E-state index in [1.165, 1.54) is 0 Å². The van der Waals surface area contributed by atoms with E-state index in [9.17, 15) is 0 Å². The van der Waals surface area contributed by atoms with Crippen LogP contribution in [0.2, 0.25) is 0 Å². The van der Waals surface area contributed by atoms with Crippen molar-refractivity contribution in [1.82, 2.24) is 0 Å². The van der Waals surface area contributed by atoms with E-state index in [4.69, 9.17) is 9.47 Å². The summed E-state index contributed by atoms with van der Waals surface area (Å²) in [7, 11) is 0. The third kappa shape index (κ3) is 4.39. The molecule has 122 valence electrons. The summed E-state index contributed by atoms with van der Waals surface area (Å²) in [6, 6.07) is 24.2. The fourth-order valence-electron chi connectivity index (χ4n) is 2.40. The molecule has 0 atom stereocenters. The zero-order chi connectivity index (χ0) is 16.8. The first-order chi connectivity index (χ1) is 11.7. The van der Waals surface area contributed by atoms with E-state index in [2.05, 4.69) is 40.2 Å². The molecule has 3 heteroatoms. The van der Waals surface area contributed by atoms with Crippen LogP contribution >= 0.6 is 15.9 Å². The van der Waals surface area contributed by atoms with E-state index in [0.29, 0.717) is 13.2 Å². The Hall–Kier alpha value is -2.26. The van der Waals surface area contributed by atoms with Gasteiger partial charge in [-0.15, -0.1) is 0 Å². The topological polar surface area (TPSA) is 18.5 Å². The van der Waals surface area contributed by atoms with Crippen molar-refractivity contribution in [3.63, 3.8) is 0 Å². The minimum absolute atomic E-state index is 0.538. The molecule has 0 fully saturated rings. The SMILES string of the molecule is Cc1c(OCc2ccccc2)cc(Br)cc1OCc1ccccc1. The average Bonchev–Trinajstić information content (AvgIpc) is 2.62. The summed E-state index contributed by atoms with van der Waals surface area (Å²) >= 11 is 3.54. The van der Waals surface area contributed by atoms with Crippen LogP contribution in [0.3, 0.4) is 0 Å². The molecule has 0 bridgehead atoms. The third-order valence-electron chi connectivity index (χ3n) is 3.75. The number of rotatable bonds is 6. The van der Waals surface area contributed by atoms with Crippen LogP contribution in [0.25, 0.3) is 0 Å². The Balaban J connectivity index is 1.72. The summed E-state index contributed by atoms with van der Waals surface area (Å²) in [5.74, 6) is 1.66. The fourth-order valence-corrected chi connectivity index (χ4v) is 2.82. The number of benzene rings is 3. The average molecular weight is 383 g/mol. The molecule has 2 nitrogen and oxygen atoms in total. The lowest BCUT2D eigenvalue weighted by Crippen LogP contribution is -2.01. The van der Waals surface area contributed by atoms with Gasteiger partial charge in [0.25, 0.3) is 0 Å². The molecule has 3 aromatic carbocycles. The third-order valence-corrected chi connectivity index (χ3v) is 4.21. The molecule has 0 saturated carbocycles. The molecule has 0 heterocycles. The van der Waals surface area contributed by atoms with Crippen molar-refractivity contribution in [3.05, 3.63) is 94.0 Å². The zero-order valence-electron chi connectivity index (χ0n) is 13.5. The molecular formula is C21H19BrO2. The molecule has 0 unspecified atom stereocenters. The van der Waals surface area contributed by atoms with Crippen LogP contribution in [0, 0.1) is 6.92 Å². The van der Waals surface area contributed by atoms with Crippen molar-refractivity contribution in [3.8, 4) is 11.5 Å². The second-order valence-corrected chi connectivity index (χ2v) is 6.49. The van der Waals surface area contributed by atoms with E-state index < -0.39 is 0 Å². The molecule has 0 radical (unpaired) electrons. The summed E-state index contributed by atoms with van der Waals surface area (Å²) in [4.78, 5) is 0. The normalized spacial score (nSPS) is 10.4. The number of ether oxygens (including phenoxy) is 2. The Morgan fingerprint density at radius 2 is 1.12 bits per heavy atom. The number of halogens is 1. The first-order valence-corrected chi connectivity index (χ1v) is 8.65. The maximum atomic E-state index is 5.99. The van der Waals surface area contributed by atoms with E-state index in [1.807, 2.05) is 55.5 Å². The van der Waals surface area contributed by atoms with Crippen LogP contribution in [0.15, 0.2) is 77.3 Å². The highest BCUT2D eigenvalue weighted by Gasteiger charge is 2.09. The molecule has 0 saturated heterocycles. The molecule has 0 spiro atoms. The molecule has 0 N–H and O–H groups in total. The predicted octanol–water partition coefficient (Wildman–Crippen LogP) is 5.92. The summed E-state index contributed by atoms with van der Waals surface area (Å²) < 4.78 is 12.9. The Morgan fingerprint density at radius 1 is 0.708 bits per heavy atom. The molecule has 3 aromatic rings. The van der Waals surface area contributed by atoms with E-state index in [1.54, 1.807) is 0 Å². The van der Waals surface area contributed by atoms with Crippen molar-refractivity contribution in [2.24, 2.45) is 0 Å². The quantitative estimate of drug-likeness (QED) is 0.526. The minimum atomic E-state index is 0.538. The van der Waals surface area contributed by atoms with Gasteiger partial charge in [-0.25, -0.2) is 0 Å². The van der Waals surface area contributed by atoms with Crippen molar-refractivity contribution >= 4 is 15.9 Å². The van der Waals surface area contributed by atoms with Gasteiger partial charge in [0.15, 0.2) is 0 Å². The maximum Gasteiger partial charge on any atom is 0.127 e. The highest BCUT2D eigenvalue weighted by Crippen LogP contribution is 2.33. The van der Waals surface area contributed by atoms with Crippen LogP contribution in [0.5, 0.6) is 11.5 Å². The smallest absolute Gasteiger partial charge is 0.127 e. The van der Waals surface area contributed by atoms with Crippen LogP contribution in [-0.4, -0.2) is 0 Å². The van der Waals surface area contributed by atoms with Gasteiger partial charge in [0.1, 0.15) is 24.7 Å². The number of hydrogen-bond acceptors (Lipinski definition) is 2. The summed E-state index contributed by atoms with van der Waals surface area (Å²) in [6.07, 6.45) is 0. The molecule has 0 aliphatic heterocycles. The van der Waals surface area contributed by atoms with E-state index >= 15 is 0 Å². The molecule has 0 aliphatic rings. The predicted molar refractivity (Wildman–Crippen MR) is 100 cm³/mol. The van der Waals surface area contributed by atoms with Gasteiger partial charge >= 0.3 is 0 Å². The number of hydrogen-bond donors (Lipinski definition) is 0. The highest BCUT2D eigenvalue weighted by atomic mass is 79.9. The largest absolute Gasteiger partial charge is 0.488 e. The monoisotopic (exact) mass is 382 g/mol. The summed E-state index contributed by atoms with van der Waals surface area (Å²) in [5, 5.41) is 0. The van der Waals surface area contributed by atoms with Gasteiger partial charge in [-0.2, -0.15) is 0 Å². The van der Waals surface area contributed by atoms with E-state index in [-0.39, 0.29) is 0 Å². The van der Waals surface area contributed by atoms with Crippen molar-refractivity contribution in [1.29, 1.82) is 0 Å². The molecular weight excluding hydrogens is 364 g/mol. The Bertz CT molecular complexity index is 721. The lowest BCUT2D eigenvalue weighted by Gasteiger charge is -2.15. The molecule has 24 heavy (non-hydrogen) atoms. The van der Waals surface area contributed by atoms with Crippen LogP contribution < -0.4 is 9.47 Å². The summed E-state index contributed by atoms with van der Waals surface area (Å²) in [6.45, 7) is 3.10. The fraction of sp³-hybridized carbons (Fsp3) is 0.143. The second kappa shape index (κ2) is 8.02.